The van der Waals surface area contributed by atoms with Gasteiger partial charge in [-0.05, 0) is 12.5 Å². The fourth-order valence-electron chi connectivity index (χ4n) is 1.37. The molecule has 0 aliphatic carbocycles. The Morgan fingerprint density at radius 1 is 1.37 bits per heavy atom. The van der Waals surface area contributed by atoms with E-state index in [0.29, 0.717) is 30.4 Å². The fraction of sp³-hybridized carbons (Fsp3) is 0.583. The molecule has 1 aromatic rings. The zero-order valence-corrected chi connectivity index (χ0v) is 12.0. The number of methoxy groups -OCH3 is 2. The third-order valence-corrected chi connectivity index (χ3v) is 3.42. The van der Waals surface area contributed by atoms with Crippen molar-refractivity contribution in [1.82, 2.24) is 0 Å². The summed E-state index contributed by atoms with van der Waals surface area (Å²) in [6, 6.07) is 1.74. The van der Waals surface area contributed by atoms with Gasteiger partial charge in [0.05, 0.1) is 31.0 Å². The Morgan fingerprint density at radius 3 is 2.84 bits per heavy atom. The van der Waals surface area contributed by atoms with Crippen LogP contribution in [0.4, 0.5) is 10.7 Å². The number of carbonyl (C=O) groups excluding carboxylic acids is 1. The van der Waals surface area contributed by atoms with Crippen LogP contribution >= 0.6 is 11.3 Å². The first kappa shape index (κ1) is 15.7. The van der Waals surface area contributed by atoms with Crippen molar-refractivity contribution in [3.63, 3.8) is 0 Å². The Labute approximate surface area is 116 Å². The van der Waals surface area contributed by atoms with Crippen LogP contribution in [0.25, 0.3) is 0 Å². The molecule has 6 nitrogen and oxygen atoms in total. The molecule has 1 aromatic heterocycles. The van der Waals surface area contributed by atoms with Crippen LogP contribution in [0.2, 0.25) is 0 Å². The third kappa shape index (κ3) is 5.46. The lowest BCUT2D eigenvalue weighted by molar-refractivity contribution is 0.0607. The zero-order chi connectivity index (χ0) is 14.1. The Hall–Kier alpha value is -1.31. The molecular weight excluding hydrogens is 268 g/mol. The lowest BCUT2D eigenvalue weighted by Crippen LogP contribution is -2.07. The van der Waals surface area contributed by atoms with Gasteiger partial charge in [0.2, 0.25) is 0 Å². The number of esters is 1. The minimum Gasteiger partial charge on any atom is -0.465 e. The van der Waals surface area contributed by atoms with E-state index >= 15 is 0 Å². The van der Waals surface area contributed by atoms with Crippen LogP contribution in [-0.4, -0.2) is 46.6 Å². The SMILES string of the molecule is COCCOCCCNc1cc(N)c(C(=O)OC)s1. The van der Waals surface area contributed by atoms with E-state index in [2.05, 4.69) is 10.1 Å². The quantitative estimate of drug-likeness (QED) is 0.530. The molecule has 0 aromatic carbocycles. The maximum absolute atomic E-state index is 11.4. The summed E-state index contributed by atoms with van der Waals surface area (Å²) in [7, 11) is 2.98. The third-order valence-electron chi connectivity index (χ3n) is 2.33. The van der Waals surface area contributed by atoms with Crippen LogP contribution in [0.3, 0.4) is 0 Å². The van der Waals surface area contributed by atoms with E-state index in [1.165, 1.54) is 18.4 Å². The number of nitrogens with two attached hydrogens (primary N) is 1. The van der Waals surface area contributed by atoms with Crippen molar-refractivity contribution in [2.75, 3.05) is 51.6 Å². The molecule has 0 atom stereocenters. The van der Waals surface area contributed by atoms with Crippen LogP contribution in [0.15, 0.2) is 6.07 Å². The van der Waals surface area contributed by atoms with Gasteiger partial charge < -0.3 is 25.3 Å². The van der Waals surface area contributed by atoms with Crippen molar-refractivity contribution in [1.29, 1.82) is 0 Å². The number of anilines is 2. The van der Waals surface area contributed by atoms with E-state index < -0.39 is 5.97 Å². The van der Waals surface area contributed by atoms with Crippen molar-refractivity contribution in [2.45, 2.75) is 6.42 Å². The van der Waals surface area contributed by atoms with Gasteiger partial charge in [-0.3, -0.25) is 0 Å². The first-order chi connectivity index (χ1) is 9.19. The number of hydrogen-bond acceptors (Lipinski definition) is 7. The molecule has 3 N–H and O–H groups in total. The lowest BCUT2D eigenvalue weighted by Gasteiger charge is -2.04. The van der Waals surface area contributed by atoms with Crippen LogP contribution in [0.1, 0.15) is 16.1 Å². The predicted molar refractivity (Wildman–Crippen MR) is 75.9 cm³/mol. The van der Waals surface area contributed by atoms with Crippen molar-refractivity contribution in [3.8, 4) is 0 Å². The molecule has 1 rings (SSSR count). The normalized spacial score (nSPS) is 10.4. The predicted octanol–water partition coefficient (Wildman–Crippen LogP) is 1.58. The number of rotatable bonds is 9. The van der Waals surface area contributed by atoms with E-state index in [1.54, 1.807) is 13.2 Å². The van der Waals surface area contributed by atoms with Gasteiger partial charge in [0.15, 0.2) is 0 Å². The van der Waals surface area contributed by atoms with E-state index in [1.807, 2.05) is 0 Å². The molecule has 108 valence electrons. The summed E-state index contributed by atoms with van der Waals surface area (Å²) in [6.07, 6.45) is 0.870. The highest BCUT2D eigenvalue weighted by Gasteiger charge is 2.14. The highest BCUT2D eigenvalue weighted by molar-refractivity contribution is 7.18. The van der Waals surface area contributed by atoms with Gasteiger partial charge in [-0.2, -0.15) is 0 Å². The number of nitrogens with one attached hydrogen (secondary N) is 1. The molecule has 0 saturated heterocycles. The van der Waals surface area contributed by atoms with Crippen LogP contribution < -0.4 is 11.1 Å². The van der Waals surface area contributed by atoms with Crippen LogP contribution in [0.5, 0.6) is 0 Å². The average molecular weight is 288 g/mol. The molecule has 7 heteroatoms. The molecule has 0 bridgehead atoms. The van der Waals surface area contributed by atoms with E-state index in [0.717, 1.165) is 18.0 Å². The molecule has 0 aliphatic heterocycles. The Balaban J connectivity index is 2.25. The summed E-state index contributed by atoms with van der Waals surface area (Å²) in [6.45, 7) is 2.64. The summed E-state index contributed by atoms with van der Waals surface area (Å²) in [5, 5.41) is 4.05. The molecule has 0 aliphatic rings. The molecule has 0 unspecified atom stereocenters. The summed E-state index contributed by atoms with van der Waals surface area (Å²) < 4.78 is 14.8. The molecule has 0 radical (unpaired) electrons. The summed E-state index contributed by atoms with van der Waals surface area (Å²) in [5.74, 6) is -0.404. The number of ether oxygens (including phenoxy) is 3. The minimum atomic E-state index is -0.404. The molecular formula is C12H20N2O4S. The molecule has 19 heavy (non-hydrogen) atoms. The molecule has 0 fully saturated rings. The van der Waals surface area contributed by atoms with Gasteiger partial charge in [-0.15, -0.1) is 11.3 Å². The highest BCUT2D eigenvalue weighted by atomic mass is 32.1. The standard InChI is InChI=1S/C12H20N2O4S/c1-16-6-7-18-5-3-4-14-10-8-9(13)11(19-10)12(15)17-2/h8,14H,3-7,13H2,1-2H3. The van der Waals surface area contributed by atoms with Gasteiger partial charge in [0, 0.05) is 20.3 Å². The maximum Gasteiger partial charge on any atom is 0.350 e. The van der Waals surface area contributed by atoms with E-state index in [4.69, 9.17) is 15.2 Å². The van der Waals surface area contributed by atoms with Crippen molar-refractivity contribution < 1.29 is 19.0 Å². The summed E-state index contributed by atoms with van der Waals surface area (Å²) in [5.41, 5.74) is 6.17. The number of thiophene rings is 1. The van der Waals surface area contributed by atoms with Crippen LogP contribution in [0, 0.1) is 0 Å². The zero-order valence-electron chi connectivity index (χ0n) is 11.2. The van der Waals surface area contributed by atoms with Gasteiger partial charge in [0.25, 0.3) is 0 Å². The highest BCUT2D eigenvalue weighted by Crippen LogP contribution is 2.29. The number of carbonyl (C=O) groups is 1. The summed E-state index contributed by atoms with van der Waals surface area (Å²) in [4.78, 5) is 11.8. The minimum absolute atomic E-state index is 0.404. The van der Waals surface area contributed by atoms with Gasteiger partial charge in [-0.1, -0.05) is 0 Å². The smallest absolute Gasteiger partial charge is 0.350 e. The molecule has 0 spiro atoms. The lowest BCUT2D eigenvalue weighted by atomic mass is 10.4. The summed E-state index contributed by atoms with van der Waals surface area (Å²) >= 11 is 1.29. The first-order valence-corrected chi connectivity index (χ1v) is 6.79. The van der Waals surface area contributed by atoms with Crippen molar-refractivity contribution >= 4 is 28.0 Å². The first-order valence-electron chi connectivity index (χ1n) is 5.97. The van der Waals surface area contributed by atoms with Crippen LogP contribution in [-0.2, 0) is 14.2 Å². The number of hydrogen-bond donors (Lipinski definition) is 2. The average Bonchev–Trinajstić information content (AvgIpc) is 2.78. The van der Waals surface area contributed by atoms with E-state index in [-0.39, 0.29) is 0 Å². The molecule has 1 heterocycles. The number of nitrogen functional groups attached to an aromatic ring is 1. The fourth-order valence-corrected chi connectivity index (χ4v) is 2.30. The van der Waals surface area contributed by atoms with Crippen molar-refractivity contribution in [2.24, 2.45) is 0 Å². The topological polar surface area (TPSA) is 82.8 Å². The van der Waals surface area contributed by atoms with Gasteiger partial charge >= 0.3 is 5.97 Å². The van der Waals surface area contributed by atoms with Gasteiger partial charge in [0.1, 0.15) is 4.88 Å². The second-order valence-electron chi connectivity index (χ2n) is 3.77. The van der Waals surface area contributed by atoms with Crippen molar-refractivity contribution in [3.05, 3.63) is 10.9 Å². The van der Waals surface area contributed by atoms with E-state index in [9.17, 15) is 4.79 Å². The molecule has 0 saturated carbocycles. The molecule has 0 amide bonds. The Bertz CT molecular complexity index is 395. The Morgan fingerprint density at radius 2 is 2.16 bits per heavy atom. The largest absolute Gasteiger partial charge is 0.465 e. The van der Waals surface area contributed by atoms with Gasteiger partial charge in [-0.25, -0.2) is 4.79 Å². The maximum atomic E-state index is 11.4. The Kier molecular flexibility index (Phi) is 7.24. The second kappa shape index (κ2) is 8.73. The second-order valence-corrected chi connectivity index (χ2v) is 4.82. The monoisotopic (exact) mass is 288 g/mol.